The zero-order valence-electron chi connectivity index (χ0n) is 12.6. The Hall–Kier alpha value is -1.06. The van der Waals surface area contributed by atoms with E-state index in [1.54, 1.807) is 0 Å². The van der Waals surface area contributed by atoms with Gasteiger partial charge in [0.25, 0.3) is 0 Å². The van der Waals surface area contributed by atoms with Gasteiger partial charge in [-0.2, -0.15) is 11.8 Å². The number of thioether (sulfide) groups is 1. The number of hydrogen-bond acceptors (Lipinski definition) is 3. The molecule has 1 aromatic heterocycles. The minimum Gasteiger partial charge on any atom is -0.388 e. The summed E-state index contributed by atoms with van der Waals surface area (Å²) in [6.07, 6.45) is 6.36. The van der Waals surface area contributed by atoms with Gasteiger partial charge >= 0.3 is 0 Å². The Morgan fingerprint density at radius 3 is 2.81 bits per heavy atom. The lowest BCUT2D eigenvalue weighted by atomic mass is 10.0. The van der Waals surface area contributed by atoms with Crippen molar-refractivity contribution in [3.05, 3.63) is 41.6 Å². The normalized spacial score (nSPS) is 18.0. The monoisotopic (exact) mass is 301 g/mol. The van der Waals surface area contributed by atoms with Gasteiger partial charge in [-0.25, -0.2) is 0 Å². The quantitative estimate of drug-likeness (QED) is 0.893. The highest BCUT2D eigenvalue weighted by Crippen LogP contribution is 2.31. The topological polar surface area (TPSA) is 33.1 Å². The standard InChI is InChI=1S/C18H23NOS/c1-13-7-8-14-11-15(9-10-17(14)19-13)18(20)12-21-16-5-3-2-4-6-16/h7-11,16,18,20H,2-6,12H2,1H3. The van der Waals surface area contributed by atoms with Crippen LogP contribution in [0.1, 0.15) is 49.5 Å². The molecule has 0 amide bonds. The van der Waals surface area contributed by atoms with Gasteiger partial charge in [0.1, 0.15) is 0 Å². The summed E-state index contributed by atoms with van der Waals surface area (Å²) >= 11 is 1.94. The number of nitrogens with zero attached hydrogens (tertiary/aromatic N) is 1. The van der Waals surface area contributed by atoms with E-state index in [1.165, 1.54) is 32.1 Å². The minimum absolute atomic E-state index is 0.373. The van der Waals surface area contributed by atoms with Crippen molar-refractivity contribution >= 4 is 22.7 Å². The Kier molecular flexibility index (Phi) is 4.81. The first-order valence-corrected chi connectivity index (χ1v) is 8.94. The van der Waals surface area contributed by atoms with E-state index in [0.717, 1.165) is 33.2 Å². The van der Waals surface area contributed by atoms with Crippen LogP contribution in [0, 0.1) is 6.92 Å². The van der Waals surface area contributed by atoms with Crippen LogP contribution in [0.25, 0.3) is 10.9 Å². The molecule has 1 aliphatic carbocycles. The fraction of sp³-hybridized carbons (Fsp3) is 0.500. The molecule has 21 heavy (non-hydrogen) atoms. The van der Waals surface area contributed by atoms with Crippen molar-refractivity contribution < 1.29 is 5.11 Å². The molecule has 3 rings (SSSR count). The largest absolute Gasteiger partial charge is 0.388 e. The highest BCUT2D eigenvalue weighted by Gasteiger charge is 2.16. The summed E-state index contributed by atoms with van der Waals surface area (Å²) in [5.41, 5.74) is 3.05. The molecular weight excluding hydrogens is 278 g/mol. The second-order valence-corrected chi connectivity index (χ2v) is 7.35. The first-order chi connectivity index (χ1) is 10.2. The van der Waals surface area contributed by atoms with E-state index in [9.17, 15) is 5.11 Å². The molecule has 1 unspecified atom stereocenters. The van der Waals surface area contributed by atoms with Crippen LogP contribution in [0.5, 0.6) is 0 Å². The van der Waals surface area contributed by atoms with Crippen molar-refractivity contribution in [2.45, 2.75) is 50.4 Å². The van der Waals surface area contributed by atoms with Crippen LogP contribution in [-0.4, -0.2) is 21.1 Å². The molecule has 1 heterocycles. The van der Waals surface area contributed by atoms with Gasteiger partial charge in [-0.3, -0.25) is 4.98 Å². The molecule has 1 fully saturated rings. The Morgan fingerprint density at radius 1 is 1.19 bits per heavy atom. The molecule has 1 aromatic carbocycles. The fourth-order valence-corrected chi connectivity index (χ4v) is 4.32. The number of aliphatic hydroxyl groups excluding tert-OH is 1. The molecule has 0 radical (unpaired) electrons. The number of fused-ring (bicyclic) bond motifs is 1. The van der Waals surface area contributed by atoms with Crippen LogP contribution in [0.15, 0.2) is 30.3 Å². The number of rotatable bonds is 4. The fourth-order valence-electron chi connectivity index (χ4n) is 3.01. The Labute approximate surface area is 131 Å². The van der Waals surface area contributed by atoms with Crippen LogP contribution < -0.4 is 0 Å². The summed E-state index contributed by atoms with van der Waals surface area (Å²) in [7, 11) is 0. The number of benzene rings is 1. The van der Waals surface area contributed by atoms with Gasteiger partial charge in [-0.15, -0.1) is 0 Å². The van der Waals surface area contributed by atoms with Gasteiger partial charge in [-0.1, -0.05) is 31.4 Å². The SMILES string of the molecule is Cc1ccc2cc(C(O)CSC3CCCCC3)ccc2n1. The van der Waals surface area contributed by atoms with Crippen LogP contribution in [0.4, 0.5) is 0 Å². The number of aromatic nitrogens is 1. The molecule has 1 aliphatic rings. The van der Waals surface area contributed by atoms with E-state index in [-0.39, 0.29) is 6.10 Å². The van der Waals surface area contributed by atoms with Crippen molar-refractivity contribution in [1.82, 2.24) is 4.98 Å². The van der Waals surface area contributed by atoms with Crippen LogP contribution >= 0.6 is 11.8 Å². The van der Waals surface area contributed by atoms with E-state index >= 15 is 0 Å². The molecule has 0 saturated heterocycles. The van der Waals surface area contributed by atoms with Gasteiger partial charge in [-0.05, 0) is 43.5 Å². The summed E-state index contributed by atoms with van der Waals surface area (Å²) in [6.45, 7) is 2.00. The van der Waals surface area contributed by atoms with Gasteiger partial charge in [0, 0.05) is 22.1 Å². The molecule has 2 nitrogen and oxygen atoms in total. The third kappa shape index (κ3) is 3.78. The van der Waals surface area contributed by atoms with Crippen LogP contribution in [0.3, 0.4) is 0 Å². The number of hydrogen-bond donors (Lipinski definition) is 1. The van der Waals surface area contributed by atoms with Gasteiger partial charge in [0.15, 0.2) is 0 Å². The van der Waals surface area contributed by atoms with Crippen LogP contribution in [-0.2, 0) is 0 Å². The average Bonchev–Trinajstić information content (AvgIpc) is 2.53. The third-order valence-corrected chi connectivity index (χ3v) is 5.73. The second kappa shape index (κ2) is 6.80. The lowest BCUT2D eigenvalue weighted by Crippen LogP contribution is -2.11. The highest BCUT2D eigenvalue weighted by molar-refractivity contribution is 7.99. The van der Waals surface area contributed by atoms with Crippen molar-refractivity contribution in [2.24, 2.45) is 0 Å². The first-order valence-electron chi connectivity index (χ1n) is 7.89. The molecule has 0 bridgehead atoms. The third-order valence-electron chi connectivity index (χ3n) is 4.28. The summed E-state index contributed by atoms with van der Waals surface area (Å²) in [6, 6.07) is 10.2. The maximum atomic E-state index is 10.4. The summed E-state index contributed by atoms with van der Waals surface area (Å²) in [4.78, 5) is 4.51. The molecule has 1 atom stereocenters. The maximum Gasteiger partial charge on any atom is 0.0880 e. The molecule has 1 saturated carbocycles. The molecule has 0 aliphatic heterocycles. The molecular formula is C18H23NOS. The molecule has 0 spiro atoms. The van der Waals surface area contributed by atoms with Gasteiger partial charge in [0.05, 0.1) is 11.6 Å². The zero-order chi connectivity index (χ0) is 14.7. The van der Waals surface area contributed by atoms with Crippen LogP contribution in [0.2, 0.25) is 0 Å². The smallest absolute Gasteiger partial charge is 0.0880 e. The van der Waals surface area contributed by atoms with E-state index in [1.807, 2.05) is 36.9 Å². The van der Waals surface area contributed by atoms with Gasteiger partial charge < -0.3 is 5.11 Å². The van der Waals surface area contributed by atoms with Crippen molar-refractivity contribution in [2.75, 3.05) is 5.75 Å². The van der Waals surface area contributed by atoms with E-state index in [0.29, 0.717) is 0 Å². The Morgan fingerprint density at radius 2 is 2.00 bits per heavy atom. The average molecular weight is 301 g/mol. The number of pyridine rings is 1. The molecule has 1 N–H and O–H groups in total. The Balaban J connectivity index is 1.66. The highest BCUT2D eigenvalue weighted by atomic mass is 32.2. The second-order valence-electron chi connectivity index (χ2n) is 6.01. The molecule has 3 heteroatoms. The van der Waals surface area contributed by atoms with Crippen molar-refractivity contribution in [1.29, 1.82) is 0 Å². The summed E-state index contributed by atoms with van der Waals surface area (Å²) in [5.74, 6) is 0.801. The molecule has 2 aromatic rings. The number of aliphatic hydroxyl groups is 1. The van der Waals surface area contributed by atoms with Crippen molar-refractivity contribution in [3.63, 3.8) is 0 Å². The van der Waals surface area contributed by atoms with E-state index < -0.39 is 0 Å². The minimum atomic E-state index is -0.373. The van der Waals surface area contributed by atoms with E-state index in [4.69, 9.17) is 0 Å². The zero-order valence-corrected chi connectivity index (χ0v) is 13.4. The summed E-state index contributed by atoms with van der Waals surface area (Å²) < 4.78 is 0. The summed E-state index contributed by atoms with van der Waals surface area (Å²) in [5, 5.41) is 12.3. The Bertz CT molecular complexity index is 607. The lowest BCUT2D eigenvalue weighted by Gasteiger charge is -2.22. The van der Waals surface area contributed by atoms with E-state index in [2.05, 4.69) is 17.1 Å². The predicted octanol–water partition coefficient (Wildman–Crippen LogP) is 4.64. The van der Waals surface area contributed by atoms with Crippen molar-refractivity contribution in [3.8, 4) is 0 Å². The number of aryl methyl sites for hydroxylation is 1. The maximum absolute atomic E-state index is 10.4. The molecule has 112 valence electrons. The van der Waals surface area contributed by atoms with Gasteiger partial charge in [0.2, 0.25) is 0 Å². The first kappa shape index (κ1) is 14.9. The lowest BCUT2D eigenvalue weighted by molar-refractivity contribution is 0.204. The predicted molar refractivity (Wildman–Crippen MR) is 90.8 cm³/mol.